The van der Waals surface area contributed by atoms with Crippen LogP contribution in [0.2, 0.25) is 0 Å². The Morgan fingerprint density at radius 3 is 2.71 bits per heavy atom. The molecule has 0 atom stereocenters. The summed E-state index contributed by atoms with van der Waals surface area (Å²) in [6.07, 6.45) is 0.768. The zero-order valence-corrected chi connectivity index (χ0v) is 13.5. The Hall–Kier alpha value is -3.09. The molecule has 0 radical (unpaired) electrons. The number of aromatic amines is 1. The van der Waals surface area contributed by atoms with Gasteiger partial charge >= 0.3 is 0 Å². The molecule has 0 fully saturated rings. The van der Waals surface area contributed by atoms with Gasteiger partial charge in [-0.2, -0.15) is 0 Å². The predicted molar refractivity (Wildman–Crippen MR) is 88.2 cm³/mol. The molecule has 1 amide bonds. The second-order valence-corrected chi connectivity index (χ2v) is 5.50. The van der Waals surface area contributed by atoms with Crippen LogP contribution in [0.25, 0.3) is 5.69 Å². The van der Waals surface area contributed by atoms with Gasteiger partial charge in [-0.25, -0.2) is 4.68 Å². The van der Waals surface area contributed by atoms with Crippen LogP contribution in [0, 0.1) is 6.92 Å². The summed E-state index contributed by atoms with van der Waals surface area (Å²) >= 11 is 0. The number of hydrogen-bond acceptors (Lipinski definition) is 4. The maximum atomic E-state index is 12.2. The molecule has 0 saturated heterocycles. The summed E-state index contributed by atoms with van der Waals surface area (Å²) in [4.78, 5) is 24.3. The Kier molecular flexibility index (Phi) is 4.33. The molecule has 124 valence electrons. The summed E-state index contributed by atoms with van der Waals surface area (Å²) in [7, 11) is 0. The molecule has 0 aliphatic heterocycles. The van der Waals surface area contributed by atoms with Crippen LogP contribution < -0.4 is 10.9 Å². The average Bonchev–Trinajstić information content (AvgIpc) is 3.20. The summed E-state index contributed by atoms with van der Waals surface area (Å²) in [5.41, 5.74) is 2.49. The van der Waals surface area contributed by atoms with Crippen molar-refractivity contribution in [3.05, 3.63) is 69.5 Å². The zero-order valence-electron chi connectivity index (χ0n) is 13.5. The molecule has 24 heavy (non-hydrogen) atoms. The van der Waals surface area contributed by atoms with E-state index in [0.29, 0.717) is 11.4 Å². The zero-order chi connectivity index (χ0) is 17.1. The predicted octanol–water partition coefficient (Wildman–Crippen LogP) is 1.95. The molecule has 1 aromatic carbocycles. The lowest BCUT2D eigenvalue weighted by molar-refractivity contribution is 0.0941. The van der Waals surface area contributed by atoms with Crippen LogP contribution in [0.3, 0.4) is 0 Å². The minimum Gasteiger partial charge on any atom is -0.359 e. The number of carbonyl (C=O) groups is 1. The number of aromatic nitrogens is 3. The van der Waals surface area contributed by atoms with E-state index in [1.54, 1.807) is 6.07 Å². The first-order valence-electron chi connectivity index (χ1n) is 7.68. The molecule has 2 heterocycles. The van der Waals surface area contributed by atoms with Crippen molar-refractivity contribution >= 4 is 5.91 Å². The largest absolute Gasteiger partial charge is 0.359 e. The highest BCUT2D eigenvalue weighted by Crippen LogP contribution is 2.07. The molecule has 0 saturated carbocycles. The van der Waals surface area contributed by atoms with Gasteiger partial charge in [0.2, 0.25) is 0 Å². The van der Waals surface area contributed by atoms with Crippen LogP contribution in [0.5, 0.6) is 0 Å². The first kappa shape index (κ1) is 15.8. The van der Waals surface area contributed by atoms with E-state index < -0.39 is 0 Å². The van der Waals surface area contributed by atoms with Crippen LogP contribution in [-0.2, 0) is 13.0 Å². The number of nitrogens with zero attached hydrogens (tertiary/aromatic N) is 2. The van der Waals surface area contributed by atoms with Gasteiger partial charge in [-0.15, -0.1) is 0 Å². The lowest BCUT2D eigenvalue weighted by Gasteiger charge is -2.03. The van der Waals surface area contributed by atoms with Gasteiger partial charge in [0.15, 0.2) is 5.76 Å². The maximum absolute atomic E-state index is 12.2. The Morgan fingerprint density at radius 2 is 2.04 bits per heavy atom. The topological polar surface area (TPSA) is 92.9 Å². The monoisotopic (exact) mass is 326 g/mol. The molecule has 0 unspecified atom stereocenters. The van der Waals surface area contributed by atoms with Gasteiger partial charge in [-0.05, 0) is 25.5 Å². The highest BCUT2D eigenvalue weighted by atomic mass is 16.5. The fourth-order valence-corrected chi connectivity index (χ4v) is 2.27. The van der Waals surface area contributed by atoms with Crippen molar-refractivity contribution in [1.82, 2.24) is 20.3 Å². The molecule has 3 rings (SSSR count). The quantitative estimate of drug-likeness (QED) is 0.749. The molecule has 2 aromatic heterocycles. The molecule has 0 aliphatic rings. The van der Waals surface area contributed by atoms with Crippen molar-refractivity contribution in [3.8, 4) is 5.69 Å². The number of nitrogens with one attached hydrogen (secondary N) is 2. The Morgan fingerprint density at radius 1 is 1.29 bits per heavy atom. The van der Waals surface area contributed by atoms with Crippen LogP contribution in [0.15, 0.2) is 45.7 Å². The van der Waals surface area contributed by atoms with Gasteiger partial charge in [0.1, 0.15) is 5.69 Å². The summed E-state index contributed by atoms with van der Waals surface area (Å²) in [5.74, 6) is 0.188. The van der Waals surface area contributed by atoms with Crippen molar-refractivity contribution in [2.75, 3.05) is 0 Å². The number of benzene rings is 1. The van der Waals surface area contributed by atoms with Crippen molar-refractivity contribution in [2.24, 2.45) is 0 Å². The number of rotatable bonds is 5. The molecule has 7 nitrogen and oxygen atoms in total. The average molecular weight is 326 g/mol. The van der Waals surface area contributed by atoms with Crippen LogP contribution in [0.1, 0.15) is 34.4 Å². The van der Waals surface area contributed by atoms with E-state index in [2.05, 4.69) is 15.6 Å². The number of carbonyl (C=O) groups excluding carboxylic acids is 1. The van der Waals surface area contributed by atoms with Crippen LogP contribution in [-0.4, -0.2) is 20.8 Å². The minimum atomic E-state index is -0.382. The van der Waals surface area contributed by atoms with Crippen LogP contribution in [0.4, 0.5) is 0 Å². The first-order chi connectivity index (χ1) is 11.6. The van der Waals surface area contributed by atoms with E-state index in [9.17, 15) is 9.59 Å². The summed E-state index contributed by atoms with van der Waals surface area (Å²) in [5, 5.41) is 9.38. The third kappa shape index (κ3) is 3.29. The fraction of sp³-hybridized carbons (Fsp3) is 0.235. The smallest absolute Gasteiger partial charge is 0.271 e. The van der Waals surface area contributed by atoms with Gasteiger partial charge in [0, 0.05) is 12.1 Å². The van der Waals surface area contributed by atoms with Gasteiger partial charge < -0.3 is 9.84 Å². The molecular formula is C17H18N4O3. The van der Waals surface area contributed by atoms with E-state index in [-0.39, 0.29) is 23.7 Å². The Balaban J connectivity index is 1.72. The second kappa shape index (κ2) is 6.57. The van der Waals surface area contributed by atoms with E-state index >= 15 is 0 Å². The lowest BCUT2D eigenvalue weighted by Crippen LogP contribution is -2.23. The summed E-state index contributed by atoms with van der Waals surface area (Å²) in [6.45, 7) is 4.15. The van der Waals surface area contributed by atoms with Gasteiger partial charge in [0.25, 0.3) is 11.5 Å². The standard InChI is InChI=1S/C17H18N4O3/c1-3-12-8-14(24-20-12)10-18-17(23)15-9-16(22)21(19-15)13-6-4-11(2)5-7-13/h4-9,19H,3,10H2,1-2H3,(H,18,23). The number of aryl methyl sites for hydroxylation is 2. The van der Waals surface area contributed by atoms with Gasteiger partial charge in [-0.3, -0.25) is 14.7 Å². The SMILES string of the molecule is CCc1cc(CNC(=O)c2cc(=O)n(-c3ccc(C)cc3)[nH]2)on1. The normalized spacial score (nSPS) is 10.8. The van der Waals surface area contributed by atoms with E-state index in [4.69, 9.17) is 4.52 Å². The number of amides is 1. The van der Waals surface area contributed by atoms with Crippen molar-refractivity contribution in [1.29, 1.82) is 0 Å². The van der Waals surface area contributed by atoms with E-state index in [1.807, 2.05) is 38.1 Å². The van der Waals surface area contributed by atoms with Crippen LogP contribution >= 0.6 is 0 Å². The van der Waals surface area contributed by atoms with Crippen molar-refractivity contribution < 1.29 is 9.32 Å². The molecule has 3 aromatic rings. The molecular weight excluding hydrogens is 308 g/mol. The molecule has 0 aliphatic carbocycles. The second-order valence-electron chi connectivity index (χ2n) is 5.50. The Labute approximate surface area is 138 Å². The maximum Gasteiger partial charge on any atom is 0.271 e. The van der Waals surface area contributed by atoms with Gasteiger partial charge in [-0.1, -0.05) is 29.8 Å². The Bertz CT molecular complexity index is 903. The third-order valence-corrected chi connectivity index (χ3v) is 3.65. The van der Waals surface area contributed by atoms with Gasteiger partial charge in [0.05, 0.1) is 17.9 Å². The molecule has 0 bridgehead atoms. The van der Waals surface area contributed by atoms with Crippen molar-refractivity contribution in [3.63, 3.8) is 0 Å². The molecule has 7 heteroatoms. The number of H-pyrrole nitrogens is 1. The lowest BCUT2D eigenvalue weighted by atomic mass is 10.2. The van der Waals surface area contributed by atoms with E-state index in [0.717, 1.165) is 17.7 Å². The fourth-order valence-electron chi connectivity index (χ4n) is 2.27. The molecule has 2 N–H and O–H groups in total. The third-order valence-electron chi connectivity index (χ3n) is 3.65. The first-order valence-corrected chi connectivity index (χ1v) is 7.68. The number of hydrogen-bond donors (Lipinski definition) is 2. The van der Waals surface area contributed by atoms with Crippen molar-refractivity contribution in [2.45, 2.75) is 26.8 Å². The van der Waals surface area contributed by atoms with E-state index in [1.165, 1.54) is 10.7 Å². The summed E-state index contributed by atoms with van der Waals surface area (Å²) in [6, 6.07) is 10.5. The summed E-state index contributed by atoms with van der Waals surface area (Å²) < 4.78 is 6.44. The molecule has 0 spiro atoms. The minimum absolute atomic E-state index is 0.191. The highest BCUT2D eigenvalue weighted by molar-refractivity contribution is 5.92. The highest BCUT2D eigenvalue weighted by Gasteiger charge is 2.13.